The van der Waals surface area contributed by atoms with Gasteiger partial charge in [0.2, 0.25) is 5.95 Å². The highest BCUT2D eigenvalue weighted by Crippen LogP contribution is 2.37. The fourth-order valence-electron chi connectivity index (χ4n) is 3.99. The molecule has 1 atom stereocenters. The van der Waals surface area contributed by atoms with Crippen molar-refractivity contribution in [2.24, 2.45) is 0 Å². The minimum Gasteiger partial charge on any atom is -0.328 e. The first-order valence-electron chi connectivity index (χ1n) is 10.9. The second-order valence-electron chi connectivity index (χ2n) is 8.18. The molecule has 0 saturated carbocycles. The number of rotatable bonds is 5. The number of pyridine rings is 1. The lowest BCUT2D eigenvalue weighted by Crippen LogP contribution is -2.31. The minimum atomic E-state index is -0.657. The lowest BCUT2D eigenvalue weighted by molar-refractivity contribution is -0.384. The maximum Gasteiger partial charge on any atom is 0.269 e. The van der Waals surface area contributed by atoms with Crippen LogP contribution in [-0.2, 0) is 4.79 Å². The van der Waals surface area contributed by atoms with Crippen LogP contribution in [0, 0.1) is 17.0 Å². The van der Waals surface area contributed by atoms with Crippen LogP contribution >= 0.6 is 0 Å². The zero-order valence-electron chi connectivity index (χ0n) is 19.0. The molecule has 1 amide bonds. The third kappa shape index (κ3) is 4.24. The largest absolute Gasteiger partial charge is 0.328 e. The van der Waals surface area contributed by atoms with Crippen LogP contribution in [-0.4, -0.2) is 30.6 Å². The Labute approximate surface area is 200 Å². The fourth-order valence-corrected chi connectivity index (χ4v) is 3.99. The smallest absolute Gasteiger partial charge is 0.269 e. The monoisotopic (exact) mass is 467 g/mol. The molecule has 1 aliphatic heterocycles. The number of nitrogens with one attached hydrogen (secondary N) is 2. The number of fused-ring (bicyclic) bond motifs is 1. The quantitative estimate of drug-likeness (QED) is 0.327. The number of nitrogens with zero attached hydrogens (tertiary/aromatic N) is 5. The molecule has 4 aromatic rings. The molecule has 10 heteroatoms. The first-order chi connectivity index (χ1) is 16.9. The van der Waals surface area contributed by atoms with E-state index in [-0.39, 0.29) is 11.6 Å². The number of amides is 1. The number of aromatic nitrogens is 4. The summed E-state index contributed by atoms with van der Waals surface area (Å²) < 4.78 is 1.64. The van der Waals surface area contributed by atoms with E-state index in [4.69, 9.17) is 5.10 Å². The lowest BCUT2D eigenvalue weighted by atomic mass is 9.95. The second-order valence-corrected chi connectivity index (χ2v) is 8.18. The van der Waals surface area contributed by atoms with Gasteiger partial charge in [-0.05, 0) is 43.7 Å². The van der Waals surface area contributed by atoms with Crippen molar-refractivity contribution in [3.05, 3.63) is 106 Å². The molecule has 0 bridgehead atoms. The highest BCUT2D eigenvalue weighted by Gasteiger charge is 2.34. The average molecular weight is 467 g/mol. The standard InChI is InChI=1S/C25H21N7O3/c1-15-5-7-18(8-6-15)23-29-25-27-16(2)21(24(33)28-19-4-3-13-26-14-19)22(31(25)30-23)17-9-11-20(12-10-17)32(34)35/h3-14,22H,1-2H3,(H,28,33)(H,27,29,30). The maximum atomic E-state index is 13.5. The molecule has 35 heavy (non-hydrogen) atoms. The van der Waals surface area contributed by atoms with Gasteiger partial charge in [0.15, 0.2) is 5.82 Å². The molecule has 3 heterocycles. The number of anilines is 2. The number of hydrogen-bond donors (Lipinski definition) is 2. The van der Waals surface area contributed by atoms with Crippen molar-refractivity contribution in [3.8, 4) is 11.4 Å². The predicted molar refractivity (Wildman–Crippen MR) is 131 cm³/mol. The first-order valence-corrected chi connectivity index (χ1v) is 10.9. The van der Waals surface area contributed by atoms with Crippen LogP contribution in [0.4, 0.5) is 17.3 Å². The molecule has 0 aliphatic carbocycles. The van der Waals surface area contributed by atoms with Crippen molar-refractivity contribution in [2.75, 3.05) is 10.6 Å². The molecule has 5 rings (SSSR count). The normalized spacial score (nSPS) is 14.7. The molecule has 0 spiro atoms. The molecule has 174 valence electrons. The van der Waals surface area contributed by atoms with Gasteiger partial charge in [-0.1, -0.05) is 29.8 Å². The van der Waals surface area contributed by atoms with Gasteiger partial charge in [-0.25, -0.2) is 4.68 Å². The molecule has 0 radical (unpaired) electrons. The third-order valence-corrected chi connectivity index (χ3v) is 5.75. The van der Waals surface area contributed by atoms with E-state index in [0.29, 0.717) is 34.3 Å². The highest BCUT2D eigenvalue weighted by molar-refractivity contribution is 6.05. The third-order valence-electron chi connectivity index (χ3n) is 5.75. The van der Waals surface area contributed by atoms with Crippen LogP contribution in [0.2, 0.25) is 0 Å². The number of benzene rings is 2. The van der Waals surface area contributed by atoms with Gasteiger partial charge in [0.25, 0.3) is 11.6 Å². The number of hydrogen-bond acceptors (Lipinski definition) is 7. The summed E-state index contributed by atoms with van der Waals surface area (Å²) in [6.07, 6.45) is 3.18. The van der Waals surface area contributed by atoms with Crippen LogP contribution < -0.4 is 10.6 Å². The SMILES string of the molecule is CC1=C(C(=O)Nc2cccnc2)C(c2ccc([N+](=O)[O-])cc2)n2nc(-c3ccc(C)cc3)nc2N1. The topological polar surface area (TPSA) is 128 Å². The van der Waals surface area contributed by atoms with E-state index in [1.807, 2.05) is 31.2 Å². The molecule has 1 aliphatic rings. The molecule has 10 nitrogen and oxygen atoms in total. The maximum absolute atomic E-state index is 13.5. The Bertz CT molecular complexity index is 1440. The molecule has 1 unspecified atom stereocenters. The van der Waals surface area contributed by atoms with E-state index in [2.05, 4.69) is 20.6 Å². The number of nitro benzene ring substituents is 1. The van der Waals surface area contributed by atoms with Crippen LogP contribution in [0.1, 0.15) is 24.1 Å². The van der Waals surface area contributed by atoms with Gasteiger partial charge in [-0.3, -0.25) is 19.9 Å². The van der Waals surface area contributed by atoms with Gasteiger partial charge in [0.1, 0.15) is 6.04 Å². The first kappa shape index (κ1) is 22.0. The van der Waals surface area contributed by atoms with Crippen molar-refractivity contribution in [1.29, 1.82) is 0 Å². The summed E-state index contributed by atoms with van der Waals surface area (Å²) in [7, 11) is 0. The molecular formula is C25H21N7O3. The Morgan fingerprint density at radius 3 is 2.49 bits per heavy atom. The molecular weight excluding hydrogens is 446 g/mol. The summed E-state index contributed by atoms with van der Waals surface area (Å²) in [6.45, 7) is 3.79. The Hall–Kier alpha value is -4.86. The van der Waals surface area contributed by atoms with Crippen molar-refractivity contribution in [2.45, 2.75) is 19.9 Å². The summed E-state index contributed by atoms with van der Waals surface area (Å²) in [5.41, 5.74) is 4.14. The summed E-state index contributed by atoms with van der Waals surface area (Å²) in [4.78, 5) is 32.9. The van der Waals surface area contributed by atoms with Gasteiger partial charge < -0.3 is 10.6 Å². The summed E-state index contributed by atoms with van der Waals surface area (Å²) in [5.74, 6) is 0.630. The van der Waals surface area contributed by atoms with Crippen LogP contribution in [0.3, 0.4) is 0 Å². The van der Waals surface area contributed by atoms with E-state index >= 15 is 0 Å². The predicted octanol–water partition coefficient (Wildman–Crippen LogP) is 4.48. The Morgan fingerprint density at radius 2 is 1.83 bits per heavy atom. The molecule has 2 aromatic heterocycles. The van der Waals surface area contributed by atoms with Gasteiger partial charge in [-0.15, -0.1) is 5.10 Å². The number of aryl methyl sites for hydroxylation is 1. The number of carbonyl (C=O) groups excluding carboxylic acids is 1. The van der Waals surface area contributed by atoms with Crippen molar-refractivity contribution < 1.29 is 9.72 Å². The number of carbonyl (C=O) groups is 1. The molecule has 2 N–H and O–H groups in total. The van der Waals surface area contributed by atoms with Crippen molar-refractivity contribution in [3.63, 3.8) is 0 Å². The van der Waals surface area contributed by atoms with E-state index in [9.17, 15) is 14.9 Å². The van der Waals surface area contributed by atoms with Crippen LogP contribution in [0.5, 0.6) is 0 Å². The van der Waals surface area contributed by atoms with E-state index in [1.54, 1.807) is 48.3 Å². The van der Waals surface area contributed by atoms with Crippen molar-refractivity contribution in [1.82, 2.24) is 19.7 Å². The van der Waals surface area contributed by atoms with E-state index in [1.165, 1.54) is 12.1 Å². The van der Waals surface area contributed by atoms with Gasteiger partial charge >= 0.3 is 0 Å². The van der Waals surface area contributed by atoms with E-state index in [0.717, 1.165) is 11.1 Å². The van der Waals surface area contributed by atoms with Crippen LogP contribution in [0.15, 0.2) is 84.3 Å². The molecule has 0 fully saturated rings. The Balaban J connectivity index is 1.60. The van der Waals surface area contributed by atoms with Gasteiger partial charge in [0.05, 0.1) is 22.4 Å². The number of non-ortho nitro benzene ring substituents is 1. The Kier molecular flexibility index (Phi) is 5.54. The van der Waals surface area contributed by atoms with E-state index < -0.39 is 11.0 Å². The lowest BCUT2D eigenvalue weighted by Gasteiger charge is -2.28. The highest BCUT2D eigenvalue weighted by atomic mass is 16.6. The van der Waals surface area contributed by atoms with Gasteiger partial charge in [0, 0.05) is 29.6 Å². The van der Waals surface area contributed by atoms with Crippen LogP contribution in [0.25, 0.3) is 11.4 Å². The van der Waals surface area contributed by atoms with Gasteiger partial charge in [-0.2, -0.15) is 4.98 Å². The zero-order valence-corrected chi connectivity index (χ0v) is 19.0. The average Bonchev–Trinajstić information content (AvgIpc) is 3.27. The molecule has 2 aromatic carbocycles. The number of nitro groups is 1. The van der Waals surface area contributed by atoms with Crippen molar-refractivity contribution >= 4 is 23.2 Å². The minimum absolute atomic E-state index is 0.0381. The second kappa shape index (κ2) is 8.82. The summed E-state index contributed by atoms with van der Waals surface area (Å²) in [6, 6.07) is 16.8. The Morgan fingerprint density at radius 1 is 1.09 bits per heavy atom. The molecule has 0 saturated heterocycles. The number of allylic oxidation sites excluding steroid dienone is 1. The zero-order chi connectivity index (χ0) is 24.5. The summed E-state index contributed by atoms with van der Waals surface area (Å²) >= 11 is 0. The fraction of sp³-hybridized carbons (Fsp3) is 0.120. The summed E-state index contributed by atoms with van der Waals surface area (Å²) in [5, 5.41) is 22.0.